The zero-order chi connectivity index (χ0) is 22.3. The van der Waals surface area contributed by atoms with Gasteiger partial charge in [-0.15, -0.1) is 0 Å². The maximum absolute atomic E-state index is 13.8. The zero-order valence-corrected chi connectivity index (χ0v) is 17.8. The fourth-order valence-corrected chi connectivity index (χ4v) is 3.43. The third-order valence-electron chi connectivity index (χ3n) is 5.01. The first kappa shape index (κ1) is 21.4. The molecule has 4 aromatic rings. The van der Waals surface area contributed by atoms with E-state index in [0.29, 0.717) is 36.8 Å². The van der Waals surface area contributed by atoms with Gasteiger partial charge in [0, 0.05) is 18.1 Å². The van der Waals surface area contributed by atoms with Crippen LogP contribution < -0.4 is 10.1 Å². The lowest BCUT2D eigenvalue weighted by molar-refractivity contribution is -0.121. The van der Waals surface area contributed by atoms with E-state index in [2.05, 4.69) is 5.32 Å². The number of aryl methyl sites for hydroxylation is 1. The molecule has 32 heavy (non-hydrogen) atoms. The first-order valence-electron chi connectivity index (χ1n) is 10.5. The van der Waals surface area contributed by atoms with Gasteiger partial charge in [0.25, 0.3) is 0 Å². The van der Waals surface area contributed by atoms with Crippen molar-refractivity contribution in [3.63, 3.8) is 0 Å². The van der Waals surface area contributed by atoms with Gasteiger partial charge in [-0.2, -0.15) is 5.10 Å². The summed E-state index contributed by atoms with van der Waals surface area (Å²) in [5.41, 5.74) is 2.48. The molecule has 2 aromatic carbocycles. The first-order chi connectivity index (χ1) is 15.6. The Balaban J connectivity index is 1.60. The van der Waals surface area contributed by atoms with Gasteiger partial charge in [-0.1, -0.05) is 31.2 Å². The molecule has 164 valence electrons. The Bertz CT molecular complexity index is 1170. The Morgan fingerprint density at radius 2 is 1.97 bits per heavy atom. The molecule has 7 heteroatoms. The summed E-state index contributed by atoms with van der Waals surface area (Å²) < 4.78 is 26.8. The number of amides is 1. The molecular formula is C25H24FN3O3. The minimum Gasteiger partial charge on any atom is -0.467 e. The van der Waals surface area contributed by atoms with Gasteiger partial charge in [-0.3, -0.25) is 4.79 Å². The molecule has 0 bridgehead atoms. The summed E-state index contributed by atoms with van der Waals surface area (Å²) in [4.78, 5) is 12.4. The van der Waals surface area contributed by atoms with Crippen LogP contribution in [-0.2, 0) is 24.2 Å². The van der Waals surface area contributed by atoms with Gasteiger partial charge in [-0.25, -0.2) is 9.07 Å². The molecule has 0 aliphatic rings. The Morgan fingerprint density at radius 3 is 2.69 bits per heavy atom. The number of hydrogen-bond donors (Lipinski definition) is 1. The van der Waals surface area contributed by atoms with E-state index >= 15 is 0 Å². The van der Waals surface area contributed by atoms with E-state index < -0.39 is 0 Å². The van der Waals surface area contributed by atoms with E-state index in [9.17, 15) is 9.18 Å². The van der Waals surface area contributed by atoms with Crippen LogP contribution in [0.15, 0.2) is 77.4 Å². The standard InChI is InChI=1S/C25H24FN3O3/c1-2-23-22(13-14-24(30)27-17-21-12-7-15-31-21)25(32-20-11-6-8-18(26)16-20)29(28-23)19-9-4-3-5-10-19/h3-12,15-16H,2,13-14,17H2,1H3,(H,27,30). The van der Waals surface area contributed by atoms with Crippen molar-refractivity contribution in [1.82, 2.24) is 15.1 Å². The minimum atomic E-state index is -0.386. The van der Waals surface area contributed by atoms with Crippen LogP contribution in [0, 0.1) is 5.82 Å². The number of furan rings is 1. The normalized spacial score (nSPS) is 10.8. The fourth-order valence-electron chi connectivity index (χ4n) is 3.43. The molecule has 0 radical (unpaired) electrons. The smallest absolute Gasteiger partial charge is 0.226 e. The second-order valence-corrected chi connectivity index (χ2v) is 7.25. The SMILES string of the molecule is CCc1nn(-c2ccccc2)c(Oc2cccc(F)c2)c1CCC(=O)NCc1ccco1. The van der Waals surface area contributed by atoms with E-state index in [4.69, 9.17) is 14.3 Å². The van der Waals surface area contributed by atoms with Gasteiger partial charge in [0.1, 0.15) is 17.3 Å². The maximum atomic E-state index is 13.8. The molecule has 2 aromatic heterocycles. The van der Waals surface area contributed by atoms with Crippen LogP contribution in [0.3, 0.4) is 0 Å². The van der Waals surface area contributed by atoms with E-state index in [1.54, 1.807) is 29.1 Å². The monoisotopic (exact) mass is 433 g/mol. The number of carbonyl (C=O) groups excluding carboxylic acids is 1. The van der Waals surface area contributed by atoms with Crippen LogP contribution in [0.25, 0.3) is 5.69 Å². The van der Waals surface area contributed by atoms with Gasteiger partial charge in [0.2, 0.25) is 11.8 Å². The lowest BCUT2D eigenvalue weighted by Crippen LogP contribution is -2.22. The van der Waals surface area contributed by atoms with Gasteiger partial charge < -0.3 is 14.5 Å². The number of aromatic nitrogens is 2. The average Bonchev–Trinajstić information content (AvgIpc) is 3.45. The number of ether oxygens (including phenoxy) is 1. The number of rotatable bonds is 9. The molecule has 0 aliphatic heterocycles. The van der Waals surface area contributed by atoms with Crippen LogP contribution in [-0.4, -0.2) is 15.7 Å². The fraction of sp³-hybridized carbons (Fsp3) is 0.200. The second-order valence-electron chi connectivity index (χ2n) is 7.25. The van der Waals surface area contributed by atoms with Gasteiger partial charge in [-0.05, 0) is 49.2 Å². The minimum absolute atomic E-state index is 0.104. The van der Waals surface area contributed by atoms with E-state index in [1.807, 2.05) is 43.3 Å². The third kappa shape index (κ3) is 5.06. The topological polar surface area (TPSA) is 69.3 Å². The molecule has 1 amide bonds. The Morgan fingerprint density at radius 1 is 1.12 bits per heavy atom. The zero-order valence-electron chi connectivity index (χ0n) is 17.8. The Kier molecular flexibility index (Phi) is 6.65. The summed E-state index contributed by atoms with van der Waals surface area (Å²) in [5, 5.41) is 7.59. The largest absolute Gasteiger partial charge is 0.467 e. The summed E-state index contributed by atoms with van der Waals surface area (Å²) in [6.45, 7) is 2.34. The molecule has 0 unspecified atom stereocenters. The van der Waals surface area contributed by atoms with Crippen molar-refractivity contribution in [2.24, 2.45) is 0 Å². The lowest BCUT2D eigenvalue weighted by Gasteiger charge is -2.12. The highest BCUT2D eigenvalue weighted by molar-refractivity contribution is 5.76. The van der Waals surface area contributed by atoms with Crippen LogP contribution in [0.4, 0.5) is 4.39 Å². The molecule has 0 spiro atoms. The van der Waals surface area contributed by atoms with Crippen molar-refractivity contribution in [2.75, 3.05) is 0 Å². The van der Waals surface area contributed by atoms with Crippen LogP contribution in [0.5, 0.6) is 11.6 Å². The number of hydrogen-bond acceptors (Lipinski definition) is 4. The van der Waals surface area contributed by atoms with Crippen molar-refractivity contribution >= 4 is 5.91 Å². The Hall–Kier alpha value is -3.87. The molecule has 0 saturated carbocycles. The third-order valence-corrected chi connectivity index (χ3v) is 5.01. The van der Waals surface area contributed by atoms with Crippen molar-refractivity contribution in [2.45, 2.75) is 32.7 Å². The van der Waals surface area contributed by atoms with Gasteiger partial charge in [0.15, 0.2) is 0 Å². The van der Waals surface area contributed by atoms with Crippen molar-refractivity contribution in [3.8, 4) is 17.3 Å². The van der Waals surface area contributed by atoms with E-state index in [0.717, 1.165) is 16.9 Å². The number of nitrogens with one attached hydrogen (secondary N) is 1. The van der Waals surface area contributed by atoms with Gasteiger partial charge in [0.05, 0.1) is 24.2 Å². The van der Waals surface area contributed by atoms with Crippen LogP contribution in [0.2, 0.25) is 0 Å². The summed E-state index contributed by atoms with van der Waals surface area (Å²) in [6, 6.07) is 19.2. The molecule has 0 saturated heterocycles. The highest BCUT2D eigenvalue weighted by atomic mass is 19.1. The molecule has 4 rings (SSSR count). The molecule has 2 heterocycles. The maximum Gasteiger partial charge on any atom is 0.226 e. The number of carbonyl (C=O) groups is 1. The number of para-hydroxylation sites is 1. The van der Waals surface area contributed by atoms with E-state index in [-0.39, 0.29) is 18.1 Å². The number of nitrogens with zero attached hydrogens (tertiary/aromatic N) is 2. The molecular weight excluding hydrogens is 409 g/mol. The summed E-state index contributed by atoms with van der Waals surface area (Å²) in [7, 11) is 0. The van der Waals surface area contributed by atoms with Gasteiger partial charge >= 0.3 is 0 Å². The quantitative estimate of drug-likeness (QED) is 0.394. The average molecular weight is 433 g/mol. The number of halogens is 1. The van der Waals surface area contributed by atoms with Crippen LogP contribution in [0.1, 0.15) is 30.4 Å². The molecule has 1 N–H and O–H groups in total. The first-order valence-corrected chi connectivity index (χ1v) is 10.5. The van der Waals surface area contributed by atoms with E-state index in [1.165, 1.54) is 12.1 Å². The highest BCUT2D eigenvalue weighted by Gasteiger charge is 2.21. The Labute approximate surface area is 185 Å². The molecule has 0 aliphatic carbocycles. The summed E-state index contributed by atoms with van der Waals surface area (Å²) >= 11 is 0. The van der Waals surface area contributed by atoms with Crippen LogP contribution >= 0.6 is 0 Å². The lowest BCUT2D eigenvalue weighted by atomic mass is 10.1. The molecule has 6 nitrogen and oxygen atoms in total. The predicted molar refractivity (Wildman–Crippen MR) is 118 cm³/mol. The second kappa shape index (κ2) is 9.96. The van der Waals surface area contributed by atoms with Crippen molar-refractivity contribution < 1.29 is 18.3 Å². The molecule has 0 atom stereocenters. The van der Waals surface area contributed by atoms with Crippen molar-refractivity contribution in [3.05, 3.63) is 95.8 Å². The van der Waals surface area contributed by atoms with Crippen molar-refractivity contribution in [1.29, 1.82) is 0 Å². The molecule has 0 fully saturated rings. The number of benzene rings is 2. The highest BCUT2D eigenvalue weighted by Crippen LogP contribution is 2.32. The predicted octanol–water partition coefficient (Wildman–Crippen LogP) is 5.21. The summed E-state index contributed by atoms with van der Waals surface area (Å²) in [6.07, 6.45) is 2.93. The summed E-state index contributed by atoms with van der Waals surface area (Å²) in [5.74, 6) is 1.06.